The number of methoxy groups -OCH3 is 1. The zero-order chi connectivity index (χ0) is 14.8. The summed E-state index contributed by atoms with van der Waals surface area (Å²) in [6.45, 7) is 7.16. The molecule has 0 saturated carbocycles. The molecule has 1 aliphatic rings. The van der Waals surface area contributed by atoms with Gasteiger partial charge in [-0.05, 0) is 31.5 Å². The Balaban J connectivity index is 2.07. The number of rotatable bonds is 3. The Kier molecular flexibility index (Phi) is 4.70. The Hall–Kier alpha value is -1.07. The second-order valence-electron chi connectivity index (χ2n) is 5.62. The molecule has 2 rings (SSSR count). The van der Waals surface area contributed by atoms with Gasteiger partial charge in [0.2, 0.25) is 0 Å². The molecule has 1 aliphatic heterocycles. The minimum Gasteiger partial charge on any atom is -0.465 e. The topological polar surface area (TPSA) is 29.5 Å². The van der Waals surface area contributed by atoms with Crippen molar-refractivity contribution in [2.45, 2.75) is 25.1 Å². The van der Waals surface area contributed by atoms with Crippen LogP contribution in [0.2, 0.25) is 0 Å². The third-order valence-electron chi connectivity index (χ3n) is 3.35. The molecule has 110 valence electrons. The summed E-state index contributed by atoms with van der Waals surface area (Å²) in [6, 6.07) is 4.73. The lowest BCUT2D eigenvalue weighted by atomic mass is 10.1. The predicted molar refractivity (Wildman–Crippen MR) is 79.6 cm³/mol. The van der Waals surface area contributed by atoms with Gasteiger partial charge in [-0.1, -0.05) is 6.07 Å². The molecule has 0 spiro atoms. The van der Waals surface area contributed by atoms with Gasteiger partial charge in [-0.2, -0.15) is 11.8 Å². The molecule has 0 atom stereocenters. The van der Waals surface area contributed by atoms with Crippen LogP contribution >= 0.6 is 11.8 Å². The highest BCUT2D eigenvalue weighted by Gasteiger charge is 2.27. The smallest absolute Gasteiger partial charge is 0.340 e. The number of ether oxygens (including phenoxy) is 1. The Labute approximate surface area is 123 Å². The fourth-order valence-electron chi connectivity index (χ4n) is 2.44. The zero-order valence-corrected chi connectivity index (χ0v) is 12.9. The van der Waals surface area contributed by atoms with E-state index in [1.807, 2.05) is 11.8 Å². The van der Waals surface area contributed by atoms with E-state index in [4.69, 9.17) is 0 Å². The molecule has 0 aliphatic carbocycles. The highest BCUT2D eigenvalue weighted by Crippen LogP contribution is 2.30. The second kappa shape index (κ2) is 6.14. The lowest BCUT2D eigenvalue weighted by molar-refractivity contribution is 0.0595. The molecule has 5 heteroatoms. The van der Waals surface area contributed by atoms with Crippen LogP contribution in [-0.2, 0) is 11.3 Å². The molecule has 0 aromatic heterocycles. The summed E-state index contributed by atoms with van der Waals surface area (Å²) < 4.78 is 18.7. The van der Waals surface area contributed by atoms with Crippen molar-refractivity contribution in [3.05, 3.63) is 35.1 Å². The molecule has 3 nitrogen and oxygen atoms in total. The van der Waals surface area contributed by atoms with Gasteiger partial charge in [0.05, 0.1) is 12.7 Å². The fourth-order valence-corrected chi connectivity index (χ4v) is 3.62. The van der Waals surface area contributed by atoms with Crippen LogP contribution in [-0.4, -0.2) is 41.6 Å². The van der Waals surface area contributed by atoms with E-state index in [2.05, 4.69) is 23.5 Å². The van der Waals surface area contributed by atoms with Gasteiger partial charge in [-0.25, -0.2) is 9.18 Å². The number of nitrogens with zero attached hydrogens (tertiary/aromatic N) is 1. The van der Waals surface area contributed by atoms with Gasteiger partial charge < -0.3 is 4.74 Å². The number of carbonyl (C=O) groups excluding carboxylic acids is 1. The Morgan fingerprint density at radius 2 is 2.25 bits per heavy atom. The summed E-state index contributed by atoms with van der Waals surface area (Å²) in [5, 5.41) is 0. The molecular weight excluding hydrogens is 277 g/mol. The molecule has 1 saturated heterocycles. The molecule has 0 unspecified atom stereocenters. The number of hydrogen-bond acceptors (Lipinski definition) is 4. The maximum Gasteiger partial charge on any atom is 0.340 e. The quantitative estimate of drug-likeness (QED) is 0.802. The summed E-state index contributed by atoms with van der Waals surface area (Å²) in [5.41, 5.74) is 0.878. The van der Waals surface area contributed by atoms with Crippen molar-refractivity contribution in [1.29, 1.82) is 0 Å². The standard InChI is InChI=1S/C15H20FNO2S/c1-15(2)10-17(6-7-20-15)9-11-4-5-12(13(16)8-11)14(18)19-3/h4-5,8H,6-7,9-10H2,1-3H3. The highest BCUT2D eigenvalue weighted by molar-refractivity contribution is 8.00. The first-order chi connectivity index (χ1) is 9.41. The van der Waals surface area contributed by atoms with Crippen molar-refractivity contribution < 1.29 is 13.9 Å². The minimum atomic E-state index is -0.635. The van der Waals surface area contributed by atoms with Crippen LogP contribution in [0.4, 0.5) is 4.39 Å². The van der Waals surface area contributed by atoms with Crippen LogP contribution < -0.4 is 0 Å². The van der Waals surface area contributed by atoms with Gasteiger partial charge in [0.15, 0.2) is 0 Å². The minimum absolute atomic E-state index is 0.00854. The van der Waals surface area contributed by atoms with Crippen LogP contribution in [0.1, 0.15) is 29.8 Å². The van der Waals surface area contributed by atoms with Gasteiger partial charge in [0.1, 0.15) is 5.82 Å². The van der Waals surface area contributed by atoms with Crippen molar-refractivity contribution in [1.82, 2.24) is 4.90 Å². The average molecular weight is 297 g/mol. The van der Waals surface area contributed by atoms with Gasteiger partial charge in [-0.15, -0.1) is 0 Å². The second-order valence-corrected chi connectivity index (χ2v) is 7.43. The van der Waals surface area contributed by atoms with E-state index in [1.54, 1.807) is 6.07 Å². The van der Waals surface area contributed by atoms with Gasteiger partial charge in [0.25, 0.3) is 0 Å². The maximum absolute atomic E-state index is 13.9. The highest BCUT2D eigenvalue weighted by atomic mass is 32.2. The lowest BCUT2D eigenvalue weighted by Gasteiger charge is -2.37. The number of halogens is 1. The Morgan fingerprint density at radius 1 is 1.50 bits per heavy atom. The van der Waals surface area contributed by atoms with E-state index in [9.17, 15) is 9.18 Å². The summed E-state index contributed by atoms with van der Waals surface area (Å²) in [6.07, 6.45) is 0. The molecular formula is C15H20FNO2S. The molecule has 0 amide bonds. The van der Waals surface area contributed by atoms with Crippen LogP contribution in [0.3, 0.4) is 0 Å². The van der Waals surface area contributed by atoms with Crippen molar-refractivity contribution in [2.24, 2.45) is 0 Å². The van der Waals surface area contributed by atoms with Crippen molar-refractivity contribution in [3.8, 4) is 0 Å². The zero-order valence-electron chi connectivity index (χ0n) is 12.1. The summed E-state index contributed by atoms with van der Waals surface area (Å²) in [7, 11) is 1.25. The number of esters is 1. The molecule has 1 aromatic rings. The summed E-state index contributed by atoms with van der Waals surface area (Å²) in [5.74, 6) is -0.0556. The van der Waals surface area contributed by atoms with E-state index in [0.29, 0.717) is 6.54 Å². The third-order valence-corrected chi connectivity index (χ3v) is 4.65. The number of carbonyl (C=O) groups is 1. The van der Waals surface area contributed by atoms with Gasteiger partial charge >= 0.3 is 5.97 Å². The van der Waals surface area contributed by atoms with Crippen molar-refractivity contribution in [3.63, 3.8) is 0 Å². The largest absolute Gasteiger partial charge is 0.465 e. The summed E-state index contributed by atoms with van der Waals surface area (Å²) >= 11 is 1.97. The maximum atomic E-state index is 13.9. The fraction of sp³-hybridized carbons (Fsp3) is 0.533. The van der Waals surface area contributed by atoms with Crippen LogP contribution in [0.15, 0.2) is 18.2 Å². The molecule has 1 fully saturated rings. The Bertz CT molecular complexity index is 505. The van der Waals surface area contributed by atoms with E-state index in [0.717, 1.165) is 24.4 Å². The lowest BCUT2D eigenvalue weighted by Crippen LogP contribution is -2.42. The van der Waals surface area contributed by atoms with Crippen LogP contribution in [0.25, 0.3) is 0 Å². The number of benzene rings is 1. The summed E-state index contributed by atoms with van der Waals surface area (Å²) in [4.78, 5) is 13.7. The monoisotopic (exact) mass is 297 g/mol. The van der Waals surface area contributed by atoms with Crippen LogP contribution in [0.5, 0.6) is 0 Å². The third kappa shape index (κ3) is 3.73. The van der Waals surface area contributed by atoms with E-state index < -0.39 is 11.8 Å². The van der Waals surface area contributed by atoms with Gasteiger partial charge in [0, 0.05) is 30.1 Å². The first-order valence-corrected chi connectivity index (χ1v) is 7.63. The first-order valence-electron chi connectivity index (χ1n) is 6.64. The van der Waals surface area contributed by atoms with E-state index in [-0.39, 0.29) is 10.3 Å². The Morgan fingerprint density at radius 3 is 2.85 bits per heavy atom. The SMILES string of the molecule is COC(=O)c1ccc(CN2CCSC(C)(C)C2)cc1F. The normalized spacial score (nSPS) is 18.8. The van der Waals surface area contributed by atoms with Gasteiger partial charge in [-0.3, -0.25) is 4.90 Å². The van der Waals surface area contributed by atoms with Crippen LogP contribution in [0, 0.1) is 5.82 Å². The number of thioether (sulfide) groups is 1. The van der Waals surface area contributed by atoms with E-state index in [1.165, 1.54) is 19.2 Å². The first kappa shape index (κ1) is 15.3. The van der Waals surface area contributed by atoms with Crippen molar-refractivity contribution >= 4 is 17.7 Å². The van der Waals surface area contributed by atoms with Crippen molar-refractivity contribution in [2.75, 3.05) is 26.0 Å². The predicted octanol–water partition coefficient (Wildman–Crippen LogP) is 2.94. The number of hydrogen-bond donors (Lipinski definition) is 0. The molecule has 1 heterocycles. The molecule has 0 bridgehead atoms. The molecule has 0 N–H and O–H groups in total. The van der Waals surface area contributed by atoms with E-state index >= 15 is 0 Å². The molecule has 20 heavy (non-hydrogen) atoms. The molecule has 0 radical (unpaired) electrons. The molecule has 1 aromatic carbocycles. The average Bonchev–Trinajstić information content (AvgIpc) is 2.37.